The van der Waals surface area contributed by atoms with E-state index in [9.17, 15) is 0 Å². The third kappa shape index (κ3) is 3.01. The summed E-state index contributed by atoms with van der Waals surface area (Å²) in [7, 11) is -1.14. The lowest BCUT2D eigenvalue weighted by atomic mass is 9.91. The Bertz CT molecular complexity index is 445. The van der Waals surface area contributed by atoms with Crippen molar-refractivity contribution in [1.82, 2.24) is 4.90 Å². The van der Waals surface area contributed by atoms with Gasteiger partial charge in [0, 0.05) is 12.6 Å². The molecular formula is C18H29NSi. The molecule has 1 aromatic rings. The van der Waals surface area contributed by atoms with Crippen molar-refractivity contribution < 1.29 is 0 Å². The lowest BCUT2D eigenvalue weighted by Gasteiger charge is -2.37. The van der Waals surface area contributed by atoms with Gasteiger partial charge in [0.15, 0.2) is 0 Å². The van der Waals surface area contributed by atoms with Crippen LogP contribution in [0.2, 0.25) is 19.6 Å². The van der Waals surface area contributed by atoms with Crippen LogP contribution in [0.15, 0.2) is 24.3 Å². The molecule has 0 spiro atoms. The van der Waals surface area contributed by atoms with Gasteiger partial charge in [-0.15, -0.1) is 0 Å². The Kier molecular flexibility index (Phi) is 4.05. The highest BCUT2D eigenvalue weighted by Gasteiger charge is 2.34. The molecule has 2 unspecified atom stereocenters. The van der Waals surface area contributed by atoms with Crippen molar-refractivity contribution in [2.45, 2.75) is 64.3 Å². The van der Waals surface area contributed by atoms with E-state index in [0.29, 0.717) is 0 Å². The van der Waals surface area contributed by atoms with E-state index in [1.54, 1.807) is 5.19 Å². The summed E-state index contributed by atoms with van der Waals surface area (Å²) in [6, 6.07) is 10.4. The maximum Gasteiger partial charge on any atom is 0.0775 e. The minimum Gasteiger partial charge on any atom is -0.296 e. The molecule has 1 aliphatic heterocycles. The maximum atomic E-state index is 2.77. The number of hydrogen-bond donors (Lipinski definition) is 0. The number of likely N-dealkylation sites (tertiary alicyclic amines) is 1. The second kappa shape index (κ2) is 5.65. The van der Waals surface area contributed by atoms with E-state index in [1.165, 1.54) is 50.8 Å². The van der Waals surface area contributed by atoms with Crippen LogP contribution in [0.25, 0.3) is 0 Å². The summed E-state index contributed by atoms with van der Waals surface area (Å²) in [6.45, 7) is 9.77. The standard InChI is InChI=1S/C18H29NSi/c1-20(2,3)17-11-9-15(10-12-17)14-19-13-5-7-16-6-4-8-18(16)19/h9-12,16,18H,4-8,13-14H2,1-3H3. The van der Waals surface area contributed by atoms with E-state index in [1.807, 2.05) is 0 Å². The van der Waals surface area contributed by atoms with Crippen LogP contribution in [0.1, 0.15) is 37.7 Å². The van der Waals surface area contributed by atoms with Crippen LogP contribution in [0.5, 0.6) is 0 Å². The van der Waals surface area contributed by atoms with Crippen LogP contribution < -0.4 is 5.19 Å². The Morgan fingerprint density at radius 2 is 1.70 bits per heavy atom. The van der Waals surface area contributed by atoms with Gasteiger partial charge in [-0.05, 0) is 43.7 Å². The van der Waals surface area contributed by atoms with Gasteiger partial charge in [-0.25, -0.2) is 0 Å². The fourth-order valence-corrected chi connectivity index (χ4v) is 5.26. The number of hydrogen-bond acceptors (Lipinski definition) is 1. The summed E-state index contributed by atoms with van der Waals surface area (Å²) in [5, 5.41) is 1.58. The first-order valence-corrected chi connectivity index (χ1v) is 11.9. The molecule has 20 heavy (non-hydrogen) atoms. The average Bonchev–Trinajstić information content (AvgIpc) is 2.88. The molecular weight excluding hydrogens is 258 g/mol. The lowest BCUT2D eigenvalue weighted by Crippen LogP contribution is -2.42. The molecule has 0 aromatic heterocycles. The van der Waals surface area contributed by atoms with Gasteiger partial charge in [0.2, 0.25) is 0 Å². The molecule has 1 saturated carbocycles. The summed E-state index contributed by atoms with van der Waals surface area (Å²) in [5.74, 6) is 1.00. The fourth-order valence-electron chi connectivity index (χ4n) is 4.10. The topological polar surface area (TPSA) is 3.24 Å². The number of rotatable bonds is 3. The van der Waals surface area contributed by atoms with E-state index in [4.69, 9.17) is 0 Å². The quantitative estimate of drug-likeness (QED) is 0.760. The predicted molar refractivity (Wildman–Crippen MR) is 90.2 cm³/mol. The van der Waals surface area contributed by atoms with Crippen LogP contribution in [-0.4, -0.2) is 25.6 Å². The van der Waals surface area contributed by atoms with E-state index >= 15 is 0 Å². The minimum atomic E-state index is -1.14. The molecule has 110 valence electrons. The molecule has 2 atom stereocenters. The maximum absolute atomic E-state index is 2.77. The van der Waals surface area contributed by atoms with Gasteiger partial charge in [0.05, 0.1) is 8.07 Å². The van der Waals surface area contributed by atoms with Crippen LogP contribution in [0.3, 0.4) is 0 Å². The number of fused-ring (bicyclic) bond motifs is 1. The van der Waals surface area contributed by atoms with Gasteiger partial charge in [-0.2, -0.15) is 0 Å². The molecule has 1 heterocycles. The zero-order valence-electron chi connectivity index (χ0n) is 13.4. The molecule has 1 aromatic carbocycles. The summed E-state index contributed by atoms with van der Waals surface area (Å²) in [6.07, 6.45) is 7.28. The molecule has 1 aliphatic carbocycles. The lowest BCUT2D eigenvalue weighted by molar-refractivity contribution is 0.106. The zero-order chi connectivity index (χ0) is 14.2. The molecule has 1 saturated heterocycles. The highest BCUT2D eigenvalue weighted by molar-refractivity contribution is 6.88. The van der Waals surface area contributed by atoms with Gasteiger partial charge in [0.1, 0.15) is 0 Å². The number of nitrogens with zero attached hydrogens (tertiary/aromatic N) is 1. The molecule has 0 amide bonds. The second-order valence-electron chi connectivity index (χ2n) is 7.82. The third-order valence-corrected chi connectivity index (χ3v) is 7.38. The Balaban J connectivity index is 1.68. The highest BCUT2D eigenvalue weighted by atomic mass is 28.3. The van der Waals surface area contributed by atoms with Gasteiger partial charge >= 0.3 is 0 Å². The third-order valence-electron chi connectivity index (χ3n) is 5.31. The van der Waals surface area contributed by atoms with E-state index in [2.05, 4.69) is 48.8 Å². The largest absolute Gasteiger partial charge is 0.296 e. The molecule has 2 heteroatoms. The molecule has 3 rings (SSSR count). The van der Waals surface area contributed by atoms with Gasteiger partial charge in [-0.3, -0.25) is 4.90 Å². The molecule has 0 N–H and O–H groups in total. The molecule has 2 aliphatic rings. The van der Waals surface area contributed by atoms with Crippen LogP contribution in [0, 0.1) is 5.92 Å². The van der Waals surface area contributed by atoms with E-state index in [-0.39, 0.29) is 0 Å². The predicted octanol–water partition coefficient (Wildman–Crippen LogP) is 4.00. The average molecular weight is 288 g/mol. The Labute approximate surface area is 125 Å². The zero-order valence-corrected chi connectivity index (χ0v) is 14.4. The highest BCUT2D eigenvalue weighted by Crippen LogP contribution is 2.37. The smallest absolute Gasteiger partial charge is 0.0775 e. The minimum absolute atomic E-state index is 0.889. The van der Waals surface area contributed by atoms with Gasteiger partial charge in [0.25, 0.3) is 0 Å². The first kappa shape index (κ1) is 14.3. The summed E-state index contributed by atoms with van der Waals surface area (Å²) in [5.41, 5.74) is 1.51. The SMILES string of the molecule is C[Si](C)(C)c1ccc(CN2CCCC3CCCC32)cc1. The Morgan fingerprint density at radius 3 is 2.40 bits per heavy atom. The van der Waals surface area contributed by atoms with Crippen molar-refractivity contribution in [3.63, 3.8) is 0 Å². The van der Waals surface area contributed by atoms with E-state index < -0.39 is 8.07 Å². The fraction of sp³-hybridized carbons (Fsp3) is 0.667. The monoisotopic (exact) mass is 287 g/mol. The summed E-state index contributed by atoms with van der Waals surface area (Å²) in [4.78, 5) is 2.77. The second-order valence-corrected chi connectivity index (χ2v) is 12.9. The molecule has 1 nitrogen and oxygen atoms in total. The number of piperidine rings is 1. The molecule has 0 bridgehead atoms. The first-order chi connectivity index (χ1) is 9.54. The van der Waals surface area contributed by atoms with Crippen LogP contribution in [0.4, 0.5) is 0 Å². The summed E-state index contributed by atoms with van der Waals surface area (Å²) < 4.78 is 0. The van der Waals surface area contributed by atoms with Crippen LogP contribution >= 0.6 is 0 Å². The van der Waals surface area contributed by atoms with Crippen LogP contribution in [-0.2, 0) is 6.54 Å². The summed E-state index contributed by atoms with van der Waals surface area (Å²) >= 11 is 0. The van der Waals surface area contributed by atoms with Crippen molar-refractivity contribution in [2.24, 2.45) is 5.92 Å². The molecule has 2 fully saturated rings. The van der Waals surface area contributed by atoms with Gasteiger partial charge < -0.3 is 0 Å². The van der Waals surface area contributed by atoms with Crippen molar-refractivity contribution in [3.05, 3.63) is 29.8 Å². The van der Waals surface area contributed by atoms with Crippen molar-refractivity contribution in [1.29, 1.82) is 0 Å². The Hall–Kier alpha value is -0.603. The molecule has 0 radical (unpaired) electrons. The van der Waals surface area contributed by atoms with E-state index in [0.717, 1.165) is 12.0 Å². The first-order valence-electron chi connectivity index (χ1n) is 8.37. The van der Waals surface area contributed by atoms with Crippen molar-refractivity contribution in [3.8, 4) is 0 Å². The number of benzene rings is 1. The van der Waals surface area contributed by atoms with Gasteiger partial charge in [-0.1, -0.05) is 55.5 Å². The Morgan fingerprint density at radius 1 is 1.00 bits per heavy atom. The van der Waals surface area contributed by atoms with Crippen molar-refractivity contribution >= 4 is 13.3 Å². The van der Waals surface area contributed by atoms with Crippen molar-refractivity contribution in [2.75, 3.05) is 6.54 Å². The normalized spacial score (nSPS) is 27.6.